The quantitative estimate of drug-likeness (QED) is 0.155. The van der Waals surface area contributed by atoms with E-state index in [1.165, 1.54) is 11.8 Å². The van der Waals surface area contributed by atoms with Crippen LogP contribution < -0.4 is 5.73 Å². The van der Waals surface area contributed by atoms with Crippen molar-refractivity contribution in [3.63, 3.8) is 0 Å². The van der Waals surface area contributed by atoms with E-state index in [1.54, 1.807) is 24.3 Å². The van der Waals surface area contributed by atoms with Gasteiger partial charge >= 0.3 is 0 Å². The number of rotatable bonds is 14. The van der Waals surface area contributed by atoms with Gasteiger partial charge in [0.25, 0.3) is 0 Å². The van der Waals surface area contributed by atoms with E-state index in [2.05, 4.69) is 64.7 Å². The molecule has 0 aliphatic rings. The summed E-state index contributed by atoms with van der Waals surface area (Å²) in [6.45, 7) is 18.6. The van der Waals surface area contributed by atoms with Crippen LogP contribution in [0.25, 0.3) is 0 Å². The van der Waals surface area contributed by atoms with Crippen LogP contribution in [-0.2, 0) is 9.26 Å². The fourth-order valence-corrected chi connectivity index (χ4v) is 6.41. The van der Waals surface area contributed by atoms with Crippen molar-refractivity contribution in [3.05, 3.63) is 29.8 Å². The highest BCUT2D eigenvalue weighted by atomic mass is 32.2. The average molecular weight is 472 g/mol. The Hall–Kier alpha value is -0.690. The van der Waals surface area contributed by atoms with Crippen LogP contribution in [0.4, 0.5) is 5.69 Å². The molecule has 2 N–H and O–H groups in total. The molecule has 0 saturated carbocycles. The molecular formula is C23H42N3O3PS. The maximum absolute atomic E-state index is 12.2. The first-order valence-electron chi connectivity index (χ1n) is 11.2. The van der Waals surface area contributed by atoms with Gasteiger partial charge in [0, 0.05) is 41.2 Å². The zero-order chi connectivity index (χ0) is 23.6. The van der Waals surface area contributed by atoms with E-state index >= 15 is 0 Å². The number of benzene rings is 1. The Kier molecular flexibility index (Phi) is 13.2. The van der Waals surface area contributed by atoms with E-state index in [1.807, 2.05) is 0 Å². The Balaban J connectivity index is 2.50. The zero-order valence-electron chi connectivity index (χ0n) is 20.5. The van der Waals surface area contributed by atoms with Gasteiger partial charge in [-0.25, -0.2) is 9.34 Å². The molecule has 8 heteroatoms. The maximum Gasteiger partial charge on any atom is 0.219 e. The lowest BCUT2D eigenvalue weighted by molar-refractivity contribution is 0.00844. The molecule has 0 heterocycles. The molecule has 0 fully saturated rings. The van der Waals surface area contributed by atoms with Gasteiger partial charge in [0.2, 0.25) is 5.12 Å². The third-order valence-corrected chi connectivity index (χ3v) is 8.54. The predicted octanol–water partition coefficient (Wildman–Crippen LogP) is 5.99. The normalized spacial score (nSPS) is 12.5. The smallest absolute Gasteiger partial charge is 0.219 e. The van der Waals surface area contributed by atoms with Crippen molar-refractivity contribution >= 4 is 31.0 Å². The van der Waals surface area contributed by atoms with Crippen molar-refractivity contribution in [3.8, 4) is 0 Å². The van der Waals surface area contributed by atoms with E-state index in [-0.39, 0.29) is 11.9 Å². The summed E-state index contributed by atoms with van der Waals surface area (Å²) in [5, 5.41) is 0.0637. The van der Waals surface area contributed by atoms with Gasteiger partial charge in [-0.05, 0) is 86.1 Å². The van der Waals surface area contributed by atoms with Gasteiger partial charge in [-0.1, -0.05) is 11.8 Å². The zero-order valence-corrected chi connectivity index (χ0v) is 22.2. The van der Waals surface area contributed by atoms with Crippen molar-refractivity contribution in [1.82, 2.24) is 9.34 Å². The first-order valence-corrected chi connectivity index (χ1v) is 13.3. The highest BCUT2D eigenvalue weighted by Gasteiger charge is 2.34. The monoisotopic (exact) mass is 471 g/mol. The van der Waals surface area contributed by atoms with Gasteiger partial charge in [-0.15, -0.1) is 0 Å². The van der Waals surface area contributed by atoms with Gasteiger partial charge < -0.3 is 15.0 Å². The number of ether oxygens (including phenoxy) is 1. The largest absolute Gasteiger partial charge is 0.399 e. The number of thioether (sulfide) groups is 1. The molecule has 0 bridgehead atoms. The van der Waals surface area contributed by atoms with E-state index in [9.17, 15) is 4.79 Å². The van der Waals surface area contributed by atoms with Crippen LogP contribution in [0.5, 0.6) is 0 Å². The maximum atomic E-state index is 12.2. The molecule has 0 amide bonds. The van der Waals surface area contributed by atoms with Crippen LogP contribution in [0.3, 0.4) is 0 Å². The molecule has 0 aromatic heterocycles. The molecule has 1 aromatic rings. The number of nitrogens with two attached hydrogens (primary N) is 1. The number of nitrogens with zero attached hydrogens (tertiary/aromatic N) is 2. The summed E-state index contributed by atoms with van der Waals surface area (Å²) in [5.74, 6) is 0.714. The molecule has 0 atom stereocenters. The van der Waals surface area contributed by atoms with Crippen molar-refractivity contribution < 1.29 is 14.1 Å². The Bertz CT molecular complexity index is 605. The lowest BCUT2D eigenvalue weighted by atomic mass is 10.2. The SMILES string of the molecule is CC(C)N(C(C)C)P(OCOCCCSC(=O)c1ccc(N)cc1)N(C(C)C)C(C)C. The number of carbonyl (C=O) groups is 1. The Morgan fingerprint density at radius 1 is 0.935 bits per heavy atom. The van der Waals surface area contributed by atoms with Crippen LogP contribution >= 0.6 is 20.2 Å². The molecule has 0 unspecified atom stereocenters. The first kappa shape index (κ1) is 28.3. The number of anilines is 1. The third kappa shape index (κ3) is 9.77. The van der Waals surface area contributed by atoms with E-state index in [4.69, 9.17) is 15.0 Å². The molecule has 0 spiro atoms. The topological polar surface area (TPSA) is 68.0 Å². The van der Waals surface area contributed by atoms with Gasteiger partial charge in [0.05, 0.1) is 6.61 Å². The summed E-state index contributed by atoms with van der Waals surface area (Å²) < 4.78 is 17.0. The molecule has 6 nitrogen and oxygen atoms in total. The van der Waals surface area contributed by atoms with Crippen molar-refractivity contribution in [1.29, 1.82) is 0 Å². The summed E-state index contributed by atoms with van der Waals surface area (Å²) in [4.78, 5) is 12.2. The molecule has 0 saturated heterocycles. The van der Waals surface area contributed by atoms with Gasteiger partial charge in [-0.3, -0.25) is 4.79 Å². The van der Waals surface area contributed by atoms with Gasteiger partial charge in [0.1, 0.15) is 0 Å². The fourth-order valence-electron chi connectivity index (χ4n) is 3.41. The van der Waals surface area contributed by atoms with Crippen molar-refractivity contribution in [2.75, 3.05) is 24.9 Å². The summed E-state index contributed by atoms with van der Waals surface area (Å²) >= 11 is 1.31. The minimum absolute atomic E-state index is 0.0637. The molecular weight excluding hydrogens is 429 g/mol. The van der Waals surface area contributed by atoms with E-state index in [0.717, 1.165) is 6.42 Å². The lowest BCUT2D eigenvalue weighted by Gasteiger charge is -2.45. The lowest BCUT2D eigenvalue weighted by Crippen LogP contribution is -2.43. The minimum Gasteiger partial charge on any atom is -0.399 e. The highest BCUT2D eigenvalue weighted by molar-refractivity contribution is 8.14. The van der Waals surface area contributed by atoms with Crippen LogP contribution in [0.2, 0.25) is 0 Å². The second kappa shape index (κ2) is 14.5. The Labute approximate surface area is 195 Å². The van der Waals surface area contributed by atoms with Crippen molar-refractivity contribution in [2.24, 2.45) is 0 Å². The summed E-state index contributed by atoms with van der Waals surface area (Å²) in [7, 11) is -0.941. The van der Waals surface area contributed by atoms with Crippen LogP contribution in [-0.4, -0.2) is 57.8 Å². The molecule has 0 aliphatic carbocycles. The number of hydrogen-bond acceptors (Lipinski definition) is 7. The summed E-state index contributed by atoms with van der Waals surface area (Å²) in [5.41, 5.74) is 7.01. The molecule has 1 rings (SSSR count). The van der Waals surface area contributed by atoms with Crippen LogP contribution in [0.1, 0.15) is 72.2 Å². The number of nitrogen functional groups attached to an aromatic ring is 1. The molecule has 0 aliphatic heterocycles. The summed E-state index contributed by atoms with van der Waals surface area (Å²) in [6.07, 6.45) is 0.794. The van der Waals surface area contributed by atoms with Crippen molar-refractivity contribution in [2.45, 2.75) is 86.0 Å². The second-order valence-corrected chi connectivity index (χ2v) is 11.4. The molecule has 31 heavy (non-hydrogen) atoms. The average Bonchev–Trinajstić information content (AvgIpc) is 2.66. The first-order chi connectivity index (χ1) is 14.6. The van der Waals surface area contributed by atoms with Crippen LogP contribution in [0.15, 0.2) is 24.3 Å². The van der Waals surface area contributed by atoms with E-state index in [0.29, 0.717) is 47.8 Å². The molecule has 1 aromatic carbocycles. The molecule has 178 valence electrons. The second-order valence-electron chi connectivity index (χ2n) is 8.65. The Morgan fingerprint density at radius 2 is 1.42 bits per heavy atom. The van der Waals surface area contributed by atoms with E-state index < -0.39 is 8.45 Å². The third-order valence-electron chi connectivity index (χ3n) is 4.58. The standard InChI is InChI=1S/C23H42N3O3PS/c1-17(2)25(18(3)4)30(26(19(5)6)20(7)8)29-16-28-14-9-15-31-23(27)21-10-12-22(24)13-11-21/h10-13,17-20H,9,14-16,24H2,1-8H3. The molecule has 0 radical (unpaired) electrons. The summed E-state index contributed by atoms with van der Waals surface area (Å²) in [6, 6.07) is 8.54. The Morgan fingerprint density at radius 3 is 1.87 bits per heavy atom. The number of carbonyl (C=O) groups excluding carboxylic acids is 1. The fraction of sp³-hybridized carbons (Fsp3) is 0.696. The highest BCUT2D eigenvalue weighted by Crippen LogP contribution is 2.50. The van der Waals surface area contributed by atoms with Gasteiger partial charge in [-0.2, -0.15) is 0 Å². The number of hydrogen-bond donors (Lipinski definition) is 1. The van der Waals surface area contributed by atoms with Gasteiger partial charge in [0.15, 0.2) is 15.2 Å². The van der Waals surface area contributed by atoms with Crippen LogP contribution in [0, 0.1) is 0 Å². The predicted molar refractivity (Wildman–Crippen MR) is 135 cm³/mol. The minimum atomic E-state index is -0.941.